The summed E-state index contributed by atoms with van der Waals surface area (Å²) in [6.07, 6.45) is 5.55. The van der Waals surface area contributed by atoms with Gasteiger partial charge in [0, 0.05) is 12.5 Å². The Balaban J connectivity index is 1.33. The fraction of sp³-hybridized carbons (Fsp3) is 0.423. The first kappa shape index (κ1) is 19.8. The van der Waals surface area contributed by atoms with Crippen molar-refractivity contribution in [2.45, 2.75) is 51.0 Å². The molecule has 0 aliphatic heterocycles. The van der Waals surface area contributed by atoms with Gasteiger partial charge in [-0.05, 0) is 85.8 Å². The predicted octanol–water partition coefficient (Wildman–Crippen LogP) is 4.61. The zero-order valence-corrected chi connectivity index (χ0v) is 17.7. The van der Waals surface area contributed by atoms with Crippen LogP contribution in [0.1, 0.15) is 51.0 Å². The minimum Gasteiger partial charge on any atom is -0.426 e. The number of amides is 1. The van der Waals surface area contributed by atoms with Gasteiger partial charge in [-0.15, -0.1) is 0 Å². The van der Waals surface area contributed by atoms with Crippen LogP contribution in [0.25, 0.3) is 11.1 Å². The molecule has 4 saturated carbocycles. The van der Waals surface area contributed by atoms with Gasteiger partial charge in [-0.2, -0.15) is 5.26 Å². The van der Waals surface area contributed by atoms with Crippen LogP contribution in [0.2, 0.25) is 0 Å². The summed E-state index contributed by atoms with van der Waals surface area (Å²) < 4.78 is 5.88. The molecule has 0 heterocycles. The summed E-state index contributed by atoms with van der Waals surface area (Å²) in [5.74, 6) is 1.36. The quantitative estimate of drug-likeness (QED) is 0.585. The van der Waals surface area contributed by atoms with Gasteiger partial charge < -0.3 is 10.1 Å². The number of nitrogens with one attached hydrogen (secondary N) is 1. The zero-order chi connectivity index (χ0) is 21.6. The molecule has 0 radical (unpaired) electrons. The molecule has 5 nitrogen and oxygen atoms in total. The maximum absolute atomic E-state index is 13.4. The Hall–Kier alpha value is -3.13. The fourth-order valence-corrected chi connectivity index (χ4v) is 6.69. The second kappa shape index (κ2) is 7.23. The van der Waals surface area contributed by atoms with Gasteiger partial charge >= 0.3 is 5.97 Å². The fourth-order valence-electron chi connectivity index (χ4n) is 6.69. The van der Waals surface area contributed by atoms with Crippen LogP contribution in [-0.2, 0) is 9.59 Å². The molecule has 4 aliphatic carbocycles. The maximum atomic E-state index is 13.4. The minimum atomic E-state index is -0.488. The van der Waals surface area contributed by atoms with Gasteiger partial charge in [-0.3, -0.25) is 9.59 Å². The third kappa shape index (κ3) is 3.61. The smallest absolute Gasteiger partial charge is 0.317 e. The van der Waals surface area contributed by atoms with Gasteiger partial charge in [-0.25, -0.2) is 0 Å². The number of hydrogen-bond donors (Lipinski definition) is 1. The lowest BCUT2D eigenvalue weighted by Gasteiger charge is -2.60. The molecule has 4 fully saturated rings. The van der Waals surface area contributed by atoms with Crippen molar-refractivity contribution in [1.29, 1.82) is 5.26 Å². The van der Waals surface area contributed by atoms with E-state index in [1.165, 1.54) is 0 Å². The summed E-state index contributed by atoms with van der Waals surface area (Å²) in [4.78, 5) is 25.2. The van der Waals surface area contributed by atoms with Crippen molar-refractivity contribution in [2.24, 2.45) is 17.3 Å². The molecule has 6 rings (SSSR count). The van der Waals surface area contributed by atoms with E-state index in [9.17, 15) is 9.59 Å². The molecule has 0 spiro atoms. The van der Waals surface area contributed by atoms with Crippen LogP contribution in [0.3, 0.4) is 0 Å². The van der Waals surface area contributed by atoms with E-state index in [2.05, 4.69) is 11.4 Å². The topological polar surface area (TPSA) is 79.2 Å². The highest BCUT2D eigenvalue weighted by Gasteiger charge is 2.61. The average molecular weight is 415 g/mol. The molecule has 4 aliphatic rings. The van der Waals surface area contributed by atoms with E-state index in [-0.39, 0.29) is 17.4 Å². The first-order valence-corrected chi connectivity index (χ1v) is 11.0. The summed E-state index contributed by atoms with van der Waals surface area (Å²) in [5, 5.41) is 12.1. The second-order valence-corrected chi connectivity index (χ2v) is 9.81. The van der Waals surface area contributed by atoms with Gasteiger partial charge in [0.15, 0.2) is 0 Å². The minimum absolute atomic E-state index is 0.0103. The largest absolute Gasteiger partial charge is 0.426 e. The molecule has 2 aromatic carbocycles. The molecule has 1 N–H and O–H groups in total. The lowest BCUT2D eigenvalue weighted by Crippen LogP contribution is -2.65. The van der Waals surface area contributed by atoms with Crippen molar-refractivity contribution >= 4 is 11.9 Å². The number of rotatable bonds is 4. The van der Waals surface area contributed by atoms with Gasteiger partial charge in [0.05, 0.1) is 17.0 Å². The van der Waals surface area contributed by atoms with E-state index in [4.69, 9.17) is 10.00 Å². The van der Waals surface area contributed by atoms with Crippen molar-refractivity contribution in [3.05, 3.63) is 54.1 Å². The first-order chi connectivity index (χ1) is 14.9. The highest BCUT2D eigenvalue weighted by atomic mass is 16.5. The number of carbonyl (C=O) groups excluding carboxylic acids is 2. The predicted molar refractivity (Wildman–Crippen MR) is 116 cm³/mol. The Labute approximate surface area is 182 Å². The van der Waals surface area contributed by atoms with E-state index in [0.29, 0.717) is 29.6 Å². The van der Waals surface area contributed by atoms with Crippen LogP contribution in [0.15, 0.2) is 48.5 Å². The van der Waals surface area contributed by atoms with E-state index < -0.39 is 5.41 Å². The van der Waals surface area contributed by atoms with Crippen LogP contribution >= 0.6 is 0 Å². The first-order valence-electron chi connectivity index (χ1n) is 11.0. The molecule has 5 heteroatoms. The van der Waals surface area contributed by atoms with Crippen LogP contribution in [0, 0.1) is 28.6 Å². The molecule has 0 aromatic heterocycles. The van der Waals surface area contributed by atoms with Crippen molar-refractivity contribution in [2.75, 3.05) is 0 Å². The summed E-state index contributed by atoms with van der Waals surface area (Å²) >= 11 is 0. The van der Waals surface area contributed by atoms with Gasteiger partial charge in [0.25, 0.3) is 0 Å². The highest BCUT2D eigenvalue weighted by molar-refractivity contribution is 5.81. The van der Waals surface area contributed by atoms with Crippen LogP contribution in [0.5, 0.6) is 5.75 Å². The molecular weight excluding hydrogens is 388 g/mol. The van der Waals surface area contributed by atoms with Crippen LogP contribution in [0.4, 0.5) is 0 Å². The maximum Gasteiger partial charge on any atom is 0.317 e. The van der Waals surface area contributed by atoms with E-state index >= 15 is 0 Å². The zero-order valence-electron chi connectivity index (χ0n) is 17.7. The SMILES string of the molecule is CC(=O)NC12C[C@H]3C[C@@H](C1)CC(C(=O)Oc1ccc(-c4ccc(C#N)cc4)cc1)(C3)C2. The summed E-state index contributed by atoms with van der Waals surface area (Å²) in [5.41, 5.74) is 1.91. The lowest BCUT2D eigenvalue weighted by atomic mass is 9.47. The van der Waals surface area contributed by atoms with Gasteiger partial charge in [-0.1, -0.05) is 24.3 Å². The average Bonchev–Trinajstić information content (AvgIpc) is 2.72. The van der Waals surface area contributed by atoms with Gasteiger partial charge in [0.1, 0.15) is 5.75 Å². The Bertz CT molecular complexity index is 1050. The van der Waals surface area contributed by atoms with Gasteiger partial charge in [0.2, 0.25) is 5.91 Å². The van der Waals surface area contributed by atoms with E-state index in [1.54, 1.807) is 19.1 Å². The molecule has 158 valence electrons. The Morgan fingerprint density at radius 2 is 1.55 bits per heavy atom. The Kier molecular flexibility index (Phi) is 4.62. The van der Waals surface area contributed by atoms with E-state index in [0.717, 1.165) is 43.2 Å². The number of hydrogen-bond acceptors (Lipinski definition) is 4. The van der Waals surface area contributed by atoms with Crippen molar-refractivity contribution in [1.82, 2.24) is 5.32 Å². The number of carbonyl (C=O) groups is 2. The molecule has 4 atom stereocenters. The molecular formula is C26H26N2O3. The number of ether oxygens (including phenoxy) is 1. The molecule has 31 heavy (non-hydrogen) atoms. The molecule has 0 saturated heterocycles. The molecule has 1 amide bonds. The lowest BCUT2D eigenvalue weighted by molar-refractivity contribution is -0.166. The molecule has 2 unspecified atom stereocenters. The highest BCUT2D eigenvalue weighted by Crippen LogP contribution is 2.62. The standard InChI is InChI=1S/C26H26N2O3/c1-17(29)28-26-13-19-10-20(14-26)12-25(11-19,16-26)24(30)31-23-8-6-22(7-9-23)21-4-2-18(15-27)3-5-21/h2-9,19-20H,10-14,16H2,1H3,(H,28,29)/t19-,20+,25?,26?. The Morgan fingerprint density at radius 3 is 2.10 bits per heavy atom. The number of nitrogens with zero attached hydrogens (tertiary/aromatic N) is 1. The molecule has 4 bridgehead atoms. The Morgan fingerprint density at radius 1 is 0.968 bits per heavy atom. The summed E-state index contributed by atoms with van der Waals surface area (Å²) in [6.45, 7) is 1.57. The van der Waals surface area contributed by atoms with E-state index in [1.807, 2.05) is 36.4 Å². The number of nitriles is 1. The third-order valence-electron chi connectivity index (χ3n) is 7.35. The van der Waals surface area contributed by atoms with Crippen LogP contribution < -0.4 is 10.1 Å². The van der Waals surface area contributed by atoms with Crippen LogP contribution in [-0.4, -0.2) is 17.4 Å². The normalized spacial score (nSPS) is 30.5. The number of esters is 1. The monoisotopic (exact) mass is 414 g/mol. The summed E-state index contributed by atoms with van der Waals surface area (Å²) in [6, 6.07) is 17.1. The third-order valence-corrected chi connectivity index (χ3v) is 7.35. The van der Waals surface area contributed by atoms with Crippen molar-refractivity contribution in [3.8, 4) is 22.9 Å². The second-order valence-electron chi connectivity index (χ2n) is 9.81. The van der Waals surface area contributed by atoms with Crippen molar-refractivity contribution < 1.29 is 14.3 Å². The molecule has 2 aromatic rings. The number of benzene rings is 2. The summed E-state index contributed by atoms with van der Waals surface area (Å²) in [7, 11) is 0. The van der Waals surface area contributed by atoms with Crippen molar-refractivity contribution in [3.63, 3.8) is 0 Å².